The first-order valence-electron chi connectivity index (χ1n) is 5.20. The Bertz CT molecular complexity index is 569. The summed E-state index contributed by atoms with van der Waals surface area (Å²) in [6, 6.07) is 6.84. The van der Waals surface area contributed by atoms with E-state index in [1.165, 1.54) is 6.21 Å². The van der Waals surface area contributed by atoms with Crippen LogP contribution in [0.15, 0.2) is 29.4 Å². The summed E-state index contributed by atoms with van der Waals surface area (Å²) >= 11 is 0. The van der Waals surface area contributed by atoms with E-state index >= 15 is 0 Å². The minimum atomic E-state index is 0. The number of aryl methyl sites for hydroxylation is 1. The fraction of sp³-hybridized carbons (Fsp3) is 0.0909. The predicted octanol–water partition coefficient (Wildman–Crippen LogP) is 1.34. The third kappa shape index (κ3) is 4.07. The summed E-state index contributed by atoms with van der Waals surface area (Å²) in [7, 11) is 0. The minimum absolute atomic E-state index is 0. The molecule has 100 valence electrons. The number of halogens is 1. The van der Waals surface area contributed by atoms with Crippen molar-refractivity contribution in [1.29, 1.82) is 0 Å². The number of hydrogen-bond acceptors (Lipinski definition) is 7. The van der Waals surface area contributed by atoms with E-state index in [0.717, 1.165) is 0 Å². The van der Waals surface area contributed by atoms with Crippen molar-refractivity contribution >= 4 is 30.5 Å². The molecule has 0 spiro atoms. The number of phenolic OH excluding ortho intramolecular Hbond substituents is 1. The predicted molar refractivity (Wildman–Crippen MR) is 75.5 cm³/mol. The SMILES string of the molecule is Cc1nc(N)nc(N/N=C/c2ccccc2O)n1.Cl. The Morgan fingerprint density at radius 1 is 1.26 bits per heavy atom. The van der Waals surface area contributed by atoms with Gasteiger partial charge in [0.1, 0.15) is 11.6 Å². The number of aromatic nitrogens is 3. The molecule has 0 aliphatic rings. The number of phenols is 1. The van der Waals surface area contributed by atoms with Gasteiger partial charge < -0.3 is 10.8 Å². The number of rotatable bonds is 3. The van der Waals surface area contributed by atoms with E-state index in [4.69, 9.17) is 5.73 Å². The lowest BCUT2D eigenvalue weighted by atomic mass is 10.2. The van der Waals surface area contributed by atoms with Crippen molar-refractivity contribution in [2.75, 3.05) is 11.2 Å². The molecule has 2 aromatic rings. The van der Waals surface area contributed by atoms with Gasteiger partial charge >= 0.3 is 0 Å². The highest BCUT2D eigenvalue weighted by molar-refractivity contribution is 5.85. The molecule has 1 aromatic heterocycles. The zero-order chi connectivity index (χ0) is 13.0. The molecule has 2 rings (SSSR count). The van der Waals surface area contributed by atoms with E-state index < -0.39 is 0 Å². The standard InChI is InChI=1S/C11H12N6O.ClH/c1-7-14-10(12)16-11(15-7)17-13-6-8-4-2-3-5-9(8)18;/h2-6,18H,1H3,(H3,12,14,15,16,17);1H/b13-6+;. The van der Waals surface area contributed by atoms with Gasteiger partial charge in [0, 0.05) is 5.56 Å². The van der Waals surface area contributed by atoms with E-state index in [1.807, 2.05) is 0 Å². The Hall–Kier alpha value is -2.41. The van der Waals surface area contributed by atoms with E-state index in [0.29, 0.717) is 11.4 Å². The highest BCUT2D eigenvalue weighted by Gasteiger charge is 1.99. The molecule has 0 unspecified atom stereocenters. The zero-order valence-corrected chi connectivity index (χ0v) is 10.9. The molecule has 7 nitrogen and oxygen atoms in total. The van der Waals surface area contributed by atoms with E-state index in [-0.39, 0.29) is 30.1 Å². The van der Waals surface area contributed by atoms with Crippen LogP contribution in [0.2, 0.25) is 0 Å². The number of nitrogens with zero attached hydrogens (tertiary/aromatic N) is 4. The van der Waals surface area contributed by atoms with Crippen LogP contribution in [0, 0.1) is 6.92 Å². The van der Waals surface area contributed by atoms with Crippen LogP contribution in [-0.2, 0) is 0 Å². The summed E-state index contributed by atoms with van der Waals surface area (Å²) in [5.41, 5.74) is 8.68. The maximum Gasteiger partial charge on any atom is 0.248 e. The second-order valence-corrected chi connectivity index (χ2v) is 3.49. The lowest BCUT2D eigenvalue weighted by Crippen LogP contribution is -2.04. The molecule has 8 heteroatoms. The first kappa shape index (κ1) is 14.7. The molecule has 0 fully saturated rings. The number of aromatic hydroxyl groups is 1. The second kappa shape index (κ2) is 6.50. The Labute approximate surface area is 116 Å². The molecule has 0 bridgehead atoms. The zero-order valence-electron chi connectivity index (χ0n) is 10.1. The highest BCUT2D eigenvalue weighted by Crippen LogP contribution is 2.12. The van der Waals surface area contributed by atoms with Gasteiger partial charge in [0.2, 0.25) is 11.9 Å². The number of anilines is 2. The van der Waals surface area contributed by atoms with Gasteiger partial charge in [-0.2, -0.15) is 20.1 Å². The molecule has 1 heterocycles. The molecular formula is C11H13ClN6O. The molecule has 0 aliphatic carbocycles. The van der Waals surface area contributed by atoms with Crippen molar-refractivity contribution in [1.82, 2.24) is 15.0 Å². The van der Waals surface area contributed by atoms with Crippen molar-refractivity contribution in [3.8, 4) is 5.75 Å². The first-order chi connectivity index (χ1) is 8.65. The minimum Gasteiger partial charge on any atom is -0.507 e. The number of hydrogen-bond donors (Lipinski definition) is 3. The Morgan fingerprint density at radius 2 is 2.00 bits per heavy atom. The summed E-state index contributed by atoms with van der Waals surface area (Å²) in [5, 5.41) is 13.4. The summed E-state index contributed by atoms with van der Waals surface area (Å²) in [5.74, 6) is 1.03. The van der Waals surface area contributed by atoms with E-state index in [1.54, 1.807) is 31.2 Å². The maximum absolute atomic E-state index is 9.52. The van der Waals surface area contributed by atoms with E-state index in [9.17, 15) is 5.11 Å². The summed E-state index contributed by atoms with van der Waals surface area (Å²) in [6.07, 6.45) is 1.46. The van der Waals surface area contributed by atoms with E-state index in [2.05, 4.69) is 25.5 Å². The van der Waals surface area contributed by atoms with Crippen LogP contribution in [0.1, 0.15) is 11.4 Å². The molecule has 0 aliphatic heterocycles. The van der Waals surface area contributed by atoms with Crippen molar-refractivity contribution < 1.29 is 5.11 Å². The van der Waals surface area contributed by atoms with Crippen molar-refractivity contribution in [3.05, 3.63) is 35.7 Å². The number of nitrogens with one attached hydrogen (secondary N) is 1. The van der Waals surface area contributed by atoms with Crippen molar-refractivity contribution in [2.24, 2.45) is 5.10 Å². The molecular weight excluding hydrogens is 268 g/mol. The number of hydrazone groups is 1. The van der Waals surface area contributed by atoms with Crippen LogP contribution in [0.3, 0.4) is 0 Å². The highest BCUT2D eigenvalue weighted by atomic mass is 35.5. The van der Waals surface area contributed by atoms with Crippen molar-refractivity contribution in [3.63, 3.8) is 0 Å². The Balaban J connectivity index is 0.00000180. The molecule has 0 saturated carbocycles. The lowest BCUT2D eigenvalue weighted by Gasteiger charge is -2.01. The van der Waals surface area contributed by atoms with Crippen LogP contribution >= 0.6 is 12.4 Å². The molecule has 0 saturated heterocycles. The molecule has 4 N–H and O–H groups in total. The Morgan fingerprint density at radius 3 is 2.68 bits per heavy atom. The number of nitrogens with two attached hydrogens (primary N) is 1. The average molecular weight is 281 g/mol. The van der Waals surface area contributed by atoms with Gasteiger partial charge in [-0.25, -0.2) is 5.43 Å². The number of benzene rings is 1. The molecule has 19 heavy (non-hydrogen) atoms. The molecule has 0 amide bonds. The van der Waals surface area contributed by atoms with Crippen LogP contribution in [0.25, 0.3) is 0 Å². The monoisotopic (exact) mass is 280 g/mol. The van der Waals surface area contributed by atoms with Crippen molar-refractivity contribution in [2.45, 2.75) is 6.92 Å². The molecule has 0 atom stereocenters. The topological polar surface area (TPSA) is 109 Å². The number of nitrogen functional groups attached to an aromatic ring is 1. The first-order valence-corrected chi connectivity index (χ1v) is 5.20. The van der Waals surface area contributed by atoms with Gasteiger partial charge in [-0.15, -0.1) is 12.4 Å². The fourth-order valence-electron chi connectivity index (χ4n) is 1.31. The lowest BCUT2D eigenvalue weighted by molar-refractivity contribution is 0.474. The van der Waals surface area contributed by atoms with Gasteiger partial charge in [-0.05, 0) is 19.1 Å². The quantitative estimate of drug-likeness (QED) is 0.578. The number of para-hydroxylation sites is 1. The maximum atomic E-state index is 9.52. The second-order valence-electron chi connectivity index (χ2n) is 3.49. The molecule has 1 aromatic carbocycles. The third-order valence-electron chi connectivity index (χ3n) is 2.07. The Kier molecular flexibility index (Phi) is 5.01. The van der Waals surface area contributed by atoms with Crippen LogP contribution in [0.4, 0.5) is 11.9 Å². The van der Waals surface area contributed by atoms with Gasteiger partial charge in [-0.1, -0.05) is 12.1 Å². The van der Waals surface area contributed by atoms with Gasteiger partial charge in [0.05, 0.1) is 6.21 Å². The van der Waals surface area contributed by atoms with Gasteiger partial charge in [-0.3, -0.25) is 0 Å². The fourth-order valence-corrected chi connectivity index (χ4v) is 1.31. The average Bonchev–Trinajstić information content (AvgIpc) is 2.30. The largest absolute Gasteiger partial charge is 0.507 e. The summed E-state index contributed by atoms with van der Waals surface area (Å²) < 4.78 is 0. The normalized spacial score (nSPS) is 10.2. The van der Waals surface area contributed by atoms with Gasteiger partial charge in [0.15, 0.2) is 0 Å². The third-order valence-corrected chi connectivity index (χ3v) is 2.07. The summed E-state index contributed by atoms with van der Waals surface area (Å²) in [4.78, 5) is 11.7. The van der Waals surface area contributed by atoms with Crippen LogP contribution in [-0.4, -0.2) is 26.3 Å². The summed E-state index contributed by atoms with van der Waals surface area (Å²) in [6.45, 7) is 1.70. The molecule has 0 radical (unpaired) electrons. The van der Waals surface area contributed by atoms with Gasteiger partial charge in [0.25, 0.3) is 0 Å². The smallest absolute Gasteiger partial charge is 0.248 e. The van der Waals surface area contributed by atoms with Crippen LogP contribution in [0.5, 0.6) is 5.75 Å². The van der Waals surface area contributed by atoms with Crippen LogP contribution < -0.4 is 11.2 Å².